The van der Waals surface area contributed by atoms with Crippen molar-refractivity contribution in [2.45, 2.75) is 27.7 Å². The molecule has 1 radical (unpaired) electrons. The third-order valence-electron chi connectivity index (χ3n) is 4.28. The van der Waals surface area contributed by atoms with Gasteiger partial charge < -0.3 is 21.2 Å². The molecule has 3 rings (SSSR count). The summed E-state index contributed by atoms with van der Waals surface area (Å²) in [6.07, 6.45) is 1.59. The topological polar surface area (TPSA) is 99.4 Å². The number of carbonyl (C=O) groups excluding carboxylic acids is 2. The van der Waals surface area contributed by atoms with Crippen LogP contribution in [0.3, 0.4) is 0 Å². The van der Waals surface area contributed by atoms with Gasteiger partial charge in [-0.25, -0.2) is 4.98 Å². The van der Waals surface area contributed by atoms with E-state index in [9.17, 15) is 9.59 Å². The first-order valence-corrected chi connectivity index (χ1v) is 10.5. The molecule has 0 spiro atoms. The van der Waals surface area contributed by atoms with Crippen molar-refractivity contribution >= 4 is 40.7 Å². The molecule has 2 N–H and O–H groups in total. The van der Waals surface area contributed by atoms with Gasteiger partial charge in [0.15, 0.2) is 5.82 Å². The first-order chi connectivity index (χ1) is 15.3. The molecule has 173 valence electrons. The number of rotatable bonds is 6. The van der Waals surface area contributed by atoms with E-state index in [1.807, 2.05) is 20.8 Å². The van der Waals surface area contributed by atoms with E-state index in [1.165, 1.54) is 13.2 Å². The Labute approximate surface area is 228 Å². The van der Waals surface area contributed by atoms with Gasteiger partial charge in [0.1, 0.15) is 5.69 Å². The maximum Gasteiger partial charge on any atom is 0.272 e. The fourth-order valence-corrected chi connectivity index (χ4v) is 3.43. The van der Waals surface area contributed by atoms with Crippen molar-refractivity contribution in [1.82, 2.24) is 15.0 Å². The van der Waals surface area contributed by atoms with Crippen molar-refractivity contribution in [3.05, 3.63) is 80.7 Å². The molecule has 1 aromatic carbocycles. The summed E-state index contributed by atoms with van der Waals surface area (Å²) in [4.78, 5) is 34.4. The summed E-state index contributed by atoms with van der Waals surface area (Å²) in [5.41, 5.74) is 7.70. The molecule has 2 amide bonds. The Morgan fingerprint density at radius 1 is 1.09 bits per heavy atom. The average molecular weight is 566 g/mol. The third-order valence-corrected chi connectivity index (χ3v) is 4.79. The molecule has 3 aromatic rings. The van der Waals surface area contributed by atoms with Crippen LogP contribution in [0.5, 0.6) is 0 Å². The average Bonchev–Trinajstić information content (AvgIpc) is 3.16. The third kappa shape index (κ3) is 7.09. The summed E-state index contributed by atoms with van der Waals surface area (Å²) < 4.78 is 1.64. The molecule has 0 unspecified atom stereocenters. The van der Waals surface area contributed by atoms with E-state index in [0.29, 0.717) is 32.8 Å². The van der Waals surface area contributed by atoms with Gasteiger partial charge >= 0.3 is 0 Å². The quantitative estimate of drug-likeness (QED) is 0.377. The van der Waals surface area contributed by atoms with Crippen molar-refractivity contribution in [2.75, 3.05) is 12.4 Å². The number of aryl methyl sites for hydroxylation is 2. The smallest absolute Gasteiger partial charge is 0.272 e. The van der Waals surface area contributed by atoms with Gasteiger partial charge in [-0.3, -0.25) is 14.2 Å². The molecule has 8 nitrogen and oxygen atoms in total. The summed E-state index contributed by atoms with van der Waals surface area (Å²) in [5.74, 6) is -0.610. The molecule has 33 heavy (non-hydrogen) atoms. The van der Waals surface area contributed by atoms with E-state index < -0.39 is 11.8 Å². The minimum Gasteiger partial charge on any atom is -0.470 e. The van der Waals surface area contributed by atoms with E-state index in [2.05, 4.69) is 26.2 Å². The van der Waals surface area contributed by atoms with Gasteiger partial charge in [0, 0.05) is 56.7 Å². The second-order valence-corrected chi connectivity index (χ2v) is 7.16. The molecular weight excluding hydrogens is 542 g/mol. The monoisotopic (exact) mass is 565 g/mol. The Kier molecular flexibility index (Phi) is 12.2. The van der Waals surface area contributed by atoms with E-state index in [-0.39, 0.29) is 38.3 Å². The van der Waals surface area contributed by atoms with Crippen molar-refractivity contribution in [3.8, 4) is 5.82 Å². The van der Waals surface area contributed by atoms with Crippen LogP contribution in [0.15, 0.2) is 42.6 Å². The van der Waals surface area contributed by atoms with Crippen LogP contribution < -0.4 is 10.7 Å². The van der Waals surface area contributed by atoms with Crippen LogP contribution in [0.1, 0.15) is 46.0 Å². The standard InChI is InChI=1S/C20H18Cl2N5O3.C2H6.Y/c1-11-9-13(21)10-14(19(28)25-26-30-3)17(11)24-20(29)16-7-6-12(2)27(16)18-15(22)5-4-8-23-18;1-2;/h4-10H,1-3H3,(H2,24,25,28,29);1-2H3;/q-1;;. The number of pyridine rings is 1. The van der Waals surface area contributed by atoms with Gasteiger partial charge in [-0.05, 0) is 55.8 Å². The maximum absolute atomic E-state index is 13.1. The fourth-order valence-electron chi connectivity index (χ4n) is 2.95. The Hall–Kier alpha value is -1.81. The van der Waals surface area contributed by atoms with Crippen LogP contribution in [0, 0.1) is 13.8 Å². The number of amides is 2. The predicted molar refractivity (Wildman–Crippen MR) is 127 cm³/mol. The maximum atomic E-state index is 13.1. The molecule has 0 saturated carbocycles. The van der Waals surface area contributed by atoms with Gasteiger partial charge in [-0.1, -0.05) is 37.0 Å². The van der Waals surface area contributed by atoms with Crippen LogP contribution in [0.4, 0.5) is 5.69 Å². The molecule has 2 heterocycles. The molecule has 0 saturated heterocycles. The Balaban J connectivity index is 0.00000177. The Bertz CT molecular complexity index is 1120. The number of carbonyl (C=O) groups is 2. The van der Waals surface area contributed by atoms with Crippen LogP contribution in [-0.2, 0) is 37.5 Å². The van der Waals surface area contributed by atoms with Gasteiger partial charge in [0.25, 0.3) is 5.91 Å². The second kappa shape index (κ2) is 13.8. The van der Waals surface area contributed by atoms with E-state index in [4.69, 9.17) is 23.2 Å². The fraction of sp³-hybridized carbons (Fsp3) is 0.227. The summed E-state index contributed by atoms with van der Waals surface area (Å²) in [5, 5.41) is 3.53. The Morgan fingerprint density at radius 2 is 1.79 bits per heavy atom. The van der Waals surface area contributed by atoms with Crippen LogP contribution in [0.2, 0.25) is 10.0 Å². The minimum atomic E-state index is -0.586. The number of hydrogen-bond donors (Lipinski definition) is 2. The normalized spacial score (nSPS) is 9.91. The number of nitrogens with zero attached hydrogens (tertiary/aromatic N) is 3. The molecule has 0 fully saturated rings. The van der Waals surface area contributed by atoms with Crippen molar-refractivity contribution in [3.63, 3.8) is 0 Å². The van der Waals surface area contributed by atoms with Gasteiger partial charge in [-0.2, -0.15) is 0 Å². The molecular formula is C22H24Cl2N5O3Y-. The van der Waals surface area contributed by atoms with Gasteiger partial charge in [0.2, 0.25) is 5.91 Å². The molecule has 0 aliphatic rings. The van der Waals surface area contributed by atoms with Crippen LogP contribution in [0.25, 0.3) is 11.4 Å². The van der Waals surface area contributed by atoms with E-state index in [0.717, 1.165) is 5.69 Å². The Morgan fingerprint density at radius 3 is 2.42 bits per heavy atom. The predicted octanol–water partition coefficient (Wildman–Crippen LogP) is 5.65. The van der Waals surface area contributed by atoms with Gasteiger partial charge in [-0.15, -0.1) is 0 Å². The number of aromatic nitrogens is 2. The largest absolute Gasteiger partial charge is 0.470 e. The summed E-state index contributed by atoms with van der Waals surface area (Å²) in [6.45, 7) is 7.56. The van der Waals surface area contributed by atoms with Crippen molar-refractivity contribution < 1.29 is 47.1 Å². The number of benzene rings is 1. The summed E-state index contributed by atoms with van der Waals surface area (Å²) in [6, 6.07) is 9.90. The van der Waals surface area contributed by atoms with E-state index in [1.54, 1.807) is 48.0 Å². The number of anilines is 1. The zero-order chi connectivity index (χ0) is 23.8. The summed E-state index contributed by atoms with van der Waals surface area (Å²) >= 11 is 12.4. The molecule has 0 atom stereocenters. The van der Waals surface area contributed by atoms with E-state index >= 15 is 0 Å². The van der Waals surface area contributed by atoms with Crippen LogP contribution in [-0.4, -0.2) is 28.5 Å². The van der Waals surface area contributed by atoms with Crippen molar-refractivity contribution in [1.29, 1.82) is 0 Å². The van der Waals surface area contributed by atoms with Crippen molar-refractivity contribution in [2.24, 2.45) is 0 Å². The summed E-state index contributed by atoms with van der Waals surface area (Å²) in [7, 11) is 1.30. The molecule has 0 aliphatic heterocycles. The number of hydrogen-bond acceptors (Lipinski definition) is 4. The first kappa shape index (κ1) is 29.2. The minimum absolute atomic E-state index is 0. The zero-order valence-electron chi connectivity index (χ0n) is 18.9. The molecule has 0 aliphatic carbocycles. The zero-order valence-corrected chi connectivity index (χ0v) is 23.3. The van der Waals surface area contributed by atoms with Crippen LogP contribution >= 0.6 is 23.2 Å². The number of nitrogens with one attached hydrogen (secondary N) is 2. The number of halogens is 2. The molecule has 2 aromatic heterocycles. The van der Waals surface area contributed by atoms with Gasteiger partial charge in [0.05, 0.1) is 16.3 Å². The first-order valence-electron chi connectivity index (χ1n) is 9.77. The molecule has 0 bridgehead atoms. The molecule has 11 heteroatoms. The SMILES string of the molecule is CC.CO[N-]NC(=O)c1cc(Cl)cc(C)c1NC(=O)c1ccc(C)n1-c1ncccc1Cl.[Y]. The second-order valence-electron chi connectivity index (χ2n) is 6.32.